The van der Waals surface area contributed by atoms with Crippen molar-refractivity contribution in [2.24, 2.45) is 11.8 Å². The van der Waals surface area contributed by atoms with Crippen molar-refractivity contribution in [2.75, 3.05) is 0 Å². The molecule has 1 saturated carbocycles. The predicted molar refractivity (Wildman–Crippen MR) is 87.6 cm³/mol. The third-order valence-electron chi connectivity index (χ3n) is 4.15. The van der Waals surface area contributed by atoms with Gasteiger partial charge in [0.1, 0.15) is 0 Å². The van der Waals surface area contributed by atoms with Gasteiger partial charge in [0.05, 0.1) is 11.8 Å². The standard InChI is InChI=1S/C16H19BrN2O4/c1-9-6-7-10(8-13(9)17)14(20)18-19-15(21)11-4-2-3-5-12(11)16(22)23/h6-8,11-12H,2-5H2,1H3,(H,18,20)(H,19,21)(H,22,23)/t11-,12-/m0/s1. The van der Waals surface area contributed by atoms with Gasteiger partial charge in [-0.3, -0.25) is 25.2 Å². The van der Waals surface area contributed by atoms with Gasteiger partial charge in [0.15, 0.2) is 0 Å². The Morgan fingerprint density at radius 3 is 2.39 bits per heavy atom. The average Bonchev–Trinajstić information content (AvgIpc) is 2.54. The van der Waals surface area contributed by atoms with E-state index in [2.05, 4.69) is 26.8 Å². The highest BCUT2D eigenvalue weighted by atomic mass is 79.9. The number of nitrogens with one attached hydrogen (secondary N) is 2. The van der Waals surface area contributed by atoms with Crippen LogP contribution in [0, 0.1) is 18.8 Å². The van der Waals surface area contributed by atoms with Crippen molar-refractivity contribution < 1.29 is 19.5 Å². The minimum atomic E-state index is -0.960. The molecule has 0 saturated heterocycles. The van der Waals surface area contributed by atoms with Crippen molar-refractivity contribution in [2.45, 2.75) is 32.6 Å². The number of carboxylic acids is 1. The molecule has 2 amide bonds. The number of aliphatic carboxylic acids is 1. The smallest absolute Gasteiger partial charge is 0.307 e. The van der Waals surface area contributed by atoms with Crippen LogP contribution in [0.2, 0.25) is 0 Å². The lowest BCUT2D eigenvalue weighted by Crippen LogP contribution is -2.47. The molecule has 7 heteroatoms. The molecule has 1 aliphatic carbocycles. The Bertz CT molecular complexity index is 633. The van der Waals surface area contributed by atoms with Gasteiger partial charge in [-0.2, -0.15) is 0 Å². The molecule has 0 radical (unpaired) electrons. The van der Waals surface area contributed by atoms with Gasteiger partial charge in [0.25, 0.3) is 5.91 Å². The van der Waals surface area contributed by atoms with Crippen LogP contribution in [0.4, 0.5) is 0 Å². The van der Waals surface area contributed by atoms with Gasteiger partial charge in [0, 0.05) is 10.0 Å². The third kappa shape index (κ3) is 4.31. The molecule has 6 nitrogen and oxygen atoms in total. The van der Waals surface area contributed by atoms with Crippen LogP contribution in [0.1, 0.15) is 41.6 Å². The van der Waals surface area contributed by atoms with E-state index >= 15 is 0 Å². The molecule has 0 aromatic heterocycles. The Kier molecular flexibility index (Phi) is 5.76. The van der Waals surface area contributed by atoms with Crippen LogP contribution >= 0.6 is 15.9 Å². The zero-order valence-electron chi connectivity index (χ0n) is 12.8. The Hall–Kier alpha value is -1.89. The molecule has 0 aliphatic heterocycles. The minimum Gasteiger partial charge on any atom is -0.481 e. The van der Waals surface area contributed by atoms with E-state index in [1.54, 1.807) is 18.2 Å². The molecule has 0 spiro atoms. The second kappa shape index (κ2) is 7.59. The highest BCUT2D eigenvalue weighted by Gasteiger charge is 2.35. The normalized spacial score (nSPS) is 20.6. The van der Waals surface area contributed by atoms with Crippen LogP contribution in [0.5, 0.6) is 0 Å². The zero-order chi connectivity index (χ0) is 17.0. The fourth-order valence-corrected chi connectivity index (χ4v) is 3.14. The van der Waals surface area contributed by atoms with Gasteiger partial charge >= 0.3 is 5.97 Å². The number of aryl methyl sites for hydroxylation is 1. The summed E-state index contributed by atoms with van der Waals surface area (Å²) >= 11 is 3.35. The monoisotopic (exact) mass is 382 g/mol. The first-order valence-corrected chi connectivity index (χ1v) is 8.28. The van der Waals surface area contributed by atoms with E-state index in [4.69, 9.17) is 0 Å². The van der Waals surface area contributed by atoms with Crippen LogP contribution in [-0.4, -0.2) is 22.9 Å². The van der Waals surface area contributed by atoms with Gasteiger partial charge in [-0.05, 0) is 37.5 Å². The van der Waals surface area contributed by atoms with Crippen molar-refractivity contribution in [3.05, 3.63) is 33.8 Å². The fraction of sp³-hybridized carbons (Fsp3) is 0.438. The number of halogens is 1. The number of hydrogen-bond donors (Lipinski definition) is 3. The summed E-state index contributed by atoms with van der Waals surface area (Å²) in [6.45, 7) is 1.91. The molecular weight excluding hydrogens is 364 g/mol. The maximum absolute atomic E-state index is 12.2. The summed E-state index contributed by atoms with van der Waals surface area (Å²) in [7, 11) is 0. The SMILES string of the molecule is Cc1ccc(C(=O)NNC(=O)[C@H]2CCCC[C@@H]2C(=O)O)cc1Br. The van der Waals surface area contributed by atoms with Crippen molar-refractivity contribution in [1.82, 2.24) is 10.9 Å². The maximum Gasteiger partial charge on any atom is 0.307 e. The minimum absolute atomic E-state index is 0.404. The fourth-order valence-electron chi connectivity index (χ4n) is 2.76. The Labute approximate surface area is 142 Å². The summed E-state index contributed by atoms with van der Waals surface area (Å²) in [6, 6.07) is 5.11. The largest absolute Gasteiger partial charge is 0.481 e. The highest BCUT2D eigenvalue weighted by Crippen LogP contribution is 2.30. The second-order valence-corrected chi connectivity index (χ2v) is 6.60. The summed E-state index contributed by atoms with van der Waals surface area (Å²) in [5, 5.41) is 9.20. The Morgan fingerprint density at radius 2 is 1.78 bits per heavy atom. The number of carbonyl (C=O) groups excluding carboxylic acids is 2. The molecule has 23 heavy (non-hydrogen) atoms. The average molecular weight is 383 g/mol. The van der Waals surface area contributed by atoms with E-state index in [9.17, 15) is 19.5 Å². The van der Waals surface area contributed by atoms with Gasteiger partial charge < -0.3 is 5.11 Å². The number of carbonyl (C=O) groups is 3. The lowest BCUT2D eigenvalue weighted by molar-refractivity contribution is -0.149. The summed E-state index contributed by atoms with van der Waals surface area (Å²) in [6.07, 6.45) is 2.65. The molecule has 3 N–H and O–H groups in total. The van der Waals surface area contributed by atoms with E-state index in [0.29, 0.717) is 18.4 Å². The first-order chi connectivity index (χ1) is 10.9. The zero-order valence-corrected chi connectivity index (χ0v) is 14.4. The van der Waals surface area contributed by atoms with E-state index in [0.717, 1.165) is 22.9 Å². The molecule has 0 heterocycles. The molecule has 0 bridgehead atoms. The topological polar surface area (TPSA) is 95.5 Å². The summed E-state index contributed by atoms with van der Waals surface area (Å²) in [5.41, 5.74) is 6.10. The van der Waals surface area contributed by atoms with Gasteiger partial charge in [-0.25, -0.2) is 0 Å². The molecule has 0 unspecified atom stereocenters. The van der Waals surface area contributed by atoms with Gasteiger partial charge in [-0.15, -0.1) is 0 Å². The van der Waals surface area contributed by atoms with Gasteiger partial charge in [0.2, 0.25) is 5.91 Å². The summed E-state index contributed by atoms with van der Waals surface area (Å²) in [4.78, 5) is 35.4. The molecule has 2 rings (SSSR count). The molecular formula is C16H19BrN2O4. The maximum atomic E-state index is 12.2. The predicted octanol–water partition coefficient (Wildman–Crippen LogP) is 2.41. The Balaban J connectivity index is 1.96. The van der Waals surface area contributed by atoms with Crippen LogP contribution in [-0.2, 0) is 9.59 Å². The highest BCUT2D eigenvalue weighted by molar-refractivity contribution is 9.10. The number of benzene rings is 1. The number of hydrazine groups is 1. The first kappa shape index (κ1) is 17.5. The van der Waals surface area contributed by atoms with E-state index in [-0.39, 0.29) is 0 Å². The number of hydrogen-bond acceptors (Lipinski definition) is 3. The van der Waals surface area contributed by atoms with Crippen LogP contribution in [0.25, 0.3) is 0 Å². The number of rotatable bonds is 3. The van der Waals surface area contributed by atoms with E-state index < -0.39 is 29.6 Å². The second-order valence-electron chi connectivity index (χ2n) is 5.74. The molecule has 1 aromatic rings. The third-order valence-corrected chi connectivity index (χ3v) is 5.01. The van der Waals surface area contributed by atoms with Crippen LogP contribution < -0.4 is 10.9 Å². The molecule has 2 atom stereocenters. The van der Waals surface area contributed by atoms with Crippen molar-refractivity contribution in [3.63, 3.8) is 0 Å². The van der Waals surface area contributed by atoms with E-state index in [1.807, 2.05) is 6.92 Å². The van der Waals surface area contributed by atoms with Crippen LogP contribution in [0.15, 0.2) is 22.7 Å². The van der Waals surface area contributed by atoms with E-state index in [1.165, 1.54) is 0 Å². The van der Waals surface area contributed by atoms with Crippen molar-refractivity contribution >= 4 is 33.7 Å². The summed E-state index contributed by atoms with van der Waals surface area (Å²) in [5.74, 6) is -3.14. The summed E-state index contributed by atoms with van der Waals surface area (Å²) < 4.78 is 0.801. The molecule has 1 aliphatic rings. The Morgan fingerprint density at radius 1 is 1.13 bits per heavy atom. The van der Waals surface area contributed by atoms with Crippen LogP contribution in [0.3, 0.4) is 0 Å². The molecule has 124 valence electrons. The number of carboxylic acid groups (broad SMARTS) is 1. The quantitative estimate of drug-likeness (QED) is 0.699. The lowest BCUT2D eigenvalue weighted by atomic mass is 9.79. The van der Waals surface area contributed by atoms with Gasteiger partial charge in [-0.1, -0.05) is 34.8 Å². The van der Waals surface area contributed by atoms with Crippen molar-refractivity contribution in [3.8, 4) is 0 Å². The number of amides is 2. The first-order valence-electron chi connectivity index (χ1n) is 7.49. The lowest BCUT2D eigenvalue weighted by Gasteiger charge is -2.27. The molecule has 1 fully saturated rings. The van der Waals surface area contributed by atoms with Crippen molar-refractivity contribution in [1.29, 1.82) is 0 Å². The molecule has 1 aromatic carbocycles.